The van der Waals surface area contributed by atoms with Gasteiger partial charge in [0.1, 0.15) is 17.5 Å². The van der Waals surface area contributed by atoms with Gasteiger partial charge in [0, 0.05) is 18.0 Å². The zero-order valence-electron chi connectivity index (χ0n) is 17.2. The number of urea groups is 1. The molecule has 1 spiro atoms. The van der Waals surface area contributed by atoms with E-state index in [1.165, 1.54) is 12.8 Å². The Kier molecular flexibility index (Phi) is 3.84. The van der Waals surface area contributed by atoms with Gasteiger partial charge in [-0.1, -0.05) is 6.07 Å². The van der Waals surface area contributed by atoms with Crippen molar-refractivity contribution in [2.75, 3.05) is 20.2 Å². The van der Waals surface area contributed by atoms with Gasteiger partial charge in [-0.15, -0.1) is 0 Å². The molecule has 6 nitrogen and oxygen atoms in total. The van der Waals surface area contributed by atoms with Crippen molar-refractivity contribution in [1.82, 2.24) is 15.5 Å². The summed E-state index contributed by atoms with van der Waals surface area (Å²) in [5, 5.41) is 5.38. The molecule has 2 saturated carbocycles. The normalized spacial score (nSPS) is 39.9. The highest BCUT2D eigenvalue weighted by Gasteiger charge is 2.64. The highest BCUT2D eigenvalue weighted by Crippen LogP contribution is 2.61. The van der Waals surface area contributed by atoms with Crippen LogP contribution in [-0.4, -0.2) is 48.6 Å². The minimum absolute atomic E-state index is 0.135. The molecule has 3 aliphatic carbocycles. The standard InChI is InChI=1S/C23H28FN3O3/c1-30-14-4-5-15-17(10-14)22-8-9-27(11-13-2-3-13)19(18(15)24)16(22)6-7-23(12-22)20(28)25-21(29)26-23/h4-5,10,13,16,18-19H,2-3,6-9,11-12H2,1H3,(H2,25,26,28,29)/t16-,18+,19-,22-,23-/m0/s1. The Bertz CT molecular complexity index is 934. The number of nitrogens with one attached hydrogen (secondary N) is 2. The van der Waals surface area contributed by atoms with Crippen molar-refractivity contribution < 1.29 is 18.7 Å². The second-order valence-electron chi connectivity index (χ2n) is 10.0. The quantitative estimate of drug-likeness (QED) is 0.748. The third-order valence-corrected chi connectivity index (χ3v) is 8.49. The summed E-state index contributed by atoms with van der Waals surface area (Å²) >= 11 is 0. The molecule has 5 atom stereocenters. The summed E-state index contributed by atoms with van der Waals surface area (Å²) in [6, 6.07) is 5.13. The molecule has 1 aromatic carbocycles. The lowest BCUT2D eigenvalue weighted by atomic mass is 9.48. The summed E-state index contributed by atoms with van der Waals surface area (Å²) in [5.41, 5.74) is 0.499. The van der Waals surface area contributed by atoms with E-state index in [-0.39, 0.29) is 23.3 Å². The highest BCUT2D eigenvalue weighted by atomic mass is 19.1. The number of carbonyl (C=O) groups is 2. The molecule has 7 heteroatoms. The van der Waals surface area contributed by atoms with Gasteiger partial charge in [0.2, 0.25) is 0 Å². The van der Waals surface area contributed by atoms with Crippen molar-refractivity contribution in [2.24, 2.45) is 11.8 Å². The first kappa shape index (κ1) is 18.6. The van der Waals surface area contributed by atoms with Gasteiger partial charge in [0.25, 0.3) is 5.91 Å². The van der Waals surface area contributed by atoms with Crippen molar-refractivity contribution in [3.8, 4) is 5.75 Å². The van der Waals surface area contributed by atoms with Crippen LogP contribution in [0, 0.1) is 11.8 Å². The zero-order chi connectivity index (χ0) is 20.7. The molecule has 3 amide bonds. The van der Waals surface area contributed by atoms with Crippen LogP contribution in [0.5, 0.6) is 5.75 Å². The van der Waals surface area contributed by atoms with Crippen molar-refractivity contribution >= 4 is 11.9 Å². The van der Waals surface area contributed by atoms with E-state index in [1.807, 2.05) is 18.2 Å². The number of alkyl halides is 1. The van der Waals surface area contributed by atoms with Gasteiger partial charge in [-0.3, -0.25) is 15.0 Å². The molecule has 2 saturated heterocycles. The number of piperidine rings is 1. The van der Waals surface area contributed by atoms with Crippen LogP contribution in [0.3, 0.4) is 0 Å². The van der Waals surface area contributed by atoms with E-state index in [0.29, 0.717) is 24.5 Å². The number of amides is 3. The molecule has 2 heterocycles. The van der Waals surface area contributed by atoms with E-state index in [1.54, 1.807) is 7.11 Å². The third kappa shape index (κ3) is 2.44. The molecule has 0 aromatic heterocycles. The summed E-state index contributed by atoms with van der Waals surface area (Å²) < 4.78 is 21.5. The average molecular weight is 413 g/mol. The Morgan fingerprint density at radius 2 is 2.07 bits per heavy atom. The van der Waals surface area contributed by atoms with Gasteiger partial charge < -0.3 is 10.1 Å². The van der Waals surface area contributed by atoms with E-state index in [9.17, 15) is 9.59 Å². The van der Waals surface area contributed by atoms with Gasteiger partial charge in [0.05, 0.1) is 7.11 Å². The number of carbonyl (C=O) groups excluding carboxylic acids is 2. The highest BCUT2D eigenvalue weighted by molar-refractivity contribution is 6.07. The summed E-state index contributed by atoms with van der Waals surface area (Å²) in [5.74, 6) is 1.32. The topological polar surface area (TPSA) is 70.7 Å². The predicted octanol–water partition coefficient (Wildman–Crippen LogP) is 2.82. The van der Waals surface area contributed by atoms with Crippen LogP contribution in [0.2, 0.25) is 0 Å². The predicted molar refractivity (Wildman–Crippen MR) is 108 cm³/mol. The van der Waals surface area contributed by atoms with Crippen LogP contribution < -0.4 is 15.4 Å². The molecular formula is C23H28FN3O3. The van der Waals surface area contributed by atoms with E-state index in [2.05, 4.69) is 15.5 Å². The van der Waals surface area contributed by atoms with Crippen LogP contribution in [-0.2, 0) is 10.2 Å². The monoisotopic (exact) mass is 413 g/mol. The maximum Gasteiger partial charge on any atom is 0.322 e. The van der Waals surface area contributed by atoms with Crippen molar-refractivity contribution in [2.45, 2.75) is 61.7 Å². The fourth-order valence-electron chi connectivity index (χ4n) is 6.96. The molecule has 160 valence electrons. The molecule has 0 radical (unpaired) electrons. The number of hydrogen-bond donors (Lipinski definition) is 2. The number of rotatable bonds is 3. The number of hydrogen-bond acceptors (Lipinski definition) is 4. The van der Waals surface area contributed by atoms with Crippen molar-refractivity contribution in [3.63, 3.8) is 0 Å². The Morgan fingerprint density at radius 1 is 1.23 bits per heavy atom. The van der Waals surface area contributed by atoms with Gasteiger partial charge in [-0.05, 0) is 80.2 Å². The fraction of sp³-hybridized carbons (Fsp3) is 0.652. The lowest BCUT2D eigenvalue weighted by Crippen LogP contribution is -2.67. The smallest absolute Gasteiger partial charge is 0.322 e. The molecule has 1 aromatic rings. The lowest BCUT2D eigenvalue weighted by molar-refractivity contribution is -0.130. The summed E-state index contributed by atoms with van der Waals surface area (Å²) in [6.07, 6.45) is 4.16. The number of imide groups is 1. The minimum Gasteiger partial charge on any atom is -0.497 e. The molecule has 5 aliphatic rings. The Labute approximate surface area is 175 Å². The van der Waals surface area contributed by atoms with Gasteiger partial charge in [-0.2, -0.15) is 0 Å². The van der Waals surface area contributed by atoms with Crippen molar-refractivity contribution in [1.29, 1.82) is 0 Å². The summed E-state index contributed by atoms with van der Waals surface area (Å²) in [4.78, 5) is 27.2. The van der Waals surface area contributed by atoms with Gasteiger partial charge >= 0.3 is 6.03 Å². The number of methoxy groups -OCH3 is 1. The first-order valence-electron chi connectivity index (χ1n) is 11.2. The largest absolute Gasteiger partial charge is 0.497 e. The SMILES string of the molecule is COc1ccc2c(c1)[C@]13CCN(CC4CC4)[C@H]([C@@H]2F)[C@@H]1CC[C@@]1(C3)NC(=O)NC1=O. The second-order valence-corrected chi connectivity index (χ2v) is 10.0. The van der Waals surface area contributed by atoms with E-state index >= 15 is 4.39 Å². The molecule has 6 rings (SSSR count). The number of nitrogens with zero attached hydrogens (tertiary/aromatic N) is 1. The van der Waals surface area contributed by atoms with Gasteiger partial charge in [0.15, 0.2) is 0 Å². The number of halogens is 1. The maximum atomic E-state index is 16.0. The number of likely N-dealkylation sites (tertiary alicyclic amines) is 1. The number of benzene rings is 1. The second kappa shape index (κ2) is 6.19. The van der Waals surface area contributed by atoms with E-state index < -0.39 is 17.7 Å². The summed E-state index contributed by atoms with van der Waals surface area (Å²) in [7, 11) is 1.63. The van der Waals surface area contributed by atoms with Crippen LogP contribution >= 0.6 is 0 Å². The first-order valence-corrected chi connectivity index (χ1v) is 11.2. The third-order valence-electron chi connectivity index (χ3n) is 8.49. The van der Waals surface area contributed by atoms with Crippen LogP contribution in [0.25, 0.3) is 0 Å². The number of ether oxygens (including phenoxy) is 1. The molecule has 0 unspecified atom stereocenters. The Hall–Kier alpha value is -2.15. The fourth-order valence-corrected chi connectivity index (χ4v) is 6.96. The lowest BCUT2D eigenvalue weighted by Gasteiger charge is -2.62. The molecular weight excluding hydrogens is 385 g/mol. The van der Waals surface area contributed by atoms with E-state index in [0.717, 1.165) is 37.1 Å². The Balaban J connectivity index is 1.48. The molecule has 2 bridgehead atoms. The average Bonchev–Trinajstić information content (AvgIpc) is 3.51. The molecule has 4 fully saturated rings. The minimum atomic E-state index is -1.04. The first-order chi connectivity index (χ1) is 14.5. The number of fused-ring (bicyclic) bond motifs is 1. The summed E-state index contributed by atoms with van der Waals surface area (Å²) in [6.45, 7) is 1.81. The molecule has 30 heavy (non-hydrogen) atoms. The van der Waals surface area contributed by atoms with Crippen molar-refractivity contribution in [3.05, 3.63) is 29.3 Å². The van der Waals surface area contributed by atoms with E-state index in [4.69, 9.17) is 4.74 Å². The van der Waals surface area contributed by atoms with Crippen LogP contribution in [0.15, 0.2) is 18.2 Å². The zero-order valence-corrected chi connectivity index (χ0v) is 17.2. The van der Waals surface area contributed by atoms with Crippen LogP contribution in [0.1, 0.15) is 55.8 Å². The Morgan fingerprint density at radius 3 is 2.77 bits per heavy atom. The van der Waals surface area contributed by atoms with Gasteiger partial charge in [-0.25, -0.2) is 9.18 Å². The molecule has 2 N–H and O–H groups in total. The molecule has 2 aliphatic heterocycles. The maximum absolute atomic E-state index is 16.0. The van der Waals surface area contributed by atoms with Crippen LogP contribution in [0.4, 0.5) is 9.18 Å².